The highest BCUT2D eigenvalue weighted by Crippen LogP contribution is 2.36. The number of rotatable bonds is 3. The molecule has 0 bridgehead atoms. The van der Waals surface area contributed by atoms with E-state index in [0.717, 1.165) is 16.7 Å². The van der Waals surface area contributed by atoms with Crippen molar-refractivity contribution >= 4 is 23.8 Å². The Hall–Kier alpha value is -3.11. The zero-order chi connectivity index (χ0) is 22.1. The molecule has 1 aromatic heterocycles. The molecular weight excluding hydrogens is 404 g/mol. The van der Waals surface area contributed by atoms with E-state index in [1.807, 2.05) is 52.8 Å². The van der Waals surface area contributed by atoms with Crippen LogP contribution in [-0.4, -0.2) is 26.6 Å². The molecule has 0 saturated carbocycles. The Morgan fingerprint density at radius 3 is 2.50 bits per heavy atom. The largest absolute Gasteiger partial charge is 0.444 e. The molecule has 0 spiro atoms. The van der Waals surface area contributed by atoms with Crippen LogP contribution in [0.3, 0.4) is 0 Å². The number of allylic oxidation sites excluding steroid dienone is 1. The number of hydrogen-bond donors (Lipinski definition) is 0. The normalized spacial score (nSPS) is 13.3. The number of fused-ring (bicyclic) bond motifs is 1. The van der Waals surface area contributed by atoms with E-state index in [1.54, 1.807) is 11.0 Å². The van der Waals surface area contributed by atoms with Crippen LogP contribution in [0.5, 0.6) is 11.6 Å². The standard InChI is InChI=1S/C22H23ClN4O3/c1-13-9-15(7-6-8-24)10-14(2)18(13)29-19-16-11-27(21(28)30-22(3,4)5)12-17(16)25-20(23)26-19/h6-7,9-10H,11-12H2,1-5H3/b7-6+. The lowest BCUT2D eigenvalue weighted by Gasteiger charge is -2.24. The fraction of sp³-hybridized carbons (Fsp3) is 0.364. The number of aryl methyl sites for hydroxylation is 2. The van der Waals surface area contributed by atoms with Gasteiger partial charge in [0.05, 0.1) is 30.4 Å². The fourth-order valence-electron chi connectivity index (χ4n) is 3.21. The van der Waals surface area contributed by atoms with Crippen molar-refractivity contribution in [1.29, 1.82) is 5.26 Å². The number of benzene rings is 1. The van der Waals surface area contributed by atoms with Crippen LogP contribution in [0.4, 0.5) is 4.79 Å². The molecule has 1 aromatic carbocycles. The Bertz CT molecular complexity index is 1040. The van der Waals surface area contributed by atoms with Gasteiger partial charge in [0.15, 0.2) is 0 Å². The average molecular weight is 427 g/mol. The van der Waals surface area contributed by atoms with Crippen molar-refractivity contribution in [2.75, 3.05) is 0 Å². The molecule has 0 unspecified atom stereocenters. The number of carbonyl (C=O) groups is 1. The molecular formula is C22H23ClN4O3. The van der Waals surface area contributed by atoms with Gasteiger partial charge in [-0.3, -0.25) is 4.90 Å². The van der Waals surface area contributed by atoms with Gasteiger partial charge in [-0.1, -0.05) is 0 Å². The van der Waals surface area contributed by atoms with Gasteiger partial charge in [0.25, 0.3) is 0 Å². The molecule has 0 radical (unpaired) electrons. The minimum Gasteiger partial charge on any atom is -0.444 e. The Labute approximate surface area is 180 Å². The Balaban J connectivity index is 1.90. The van der Waals surface area contributed by atoms with Crippen molar-refractivity contribution in [3.63, 3.8) is 0 Å². The molecule has 2 aromatic rings. The Morgan fingerprint density at radius 1 is 1.23 bits per heavy atom. The summed E-state index contributed by atoms with van der Waals surface area (Å²) in [5.74, 6) is 0.972. The van der Waals surface area contributed by atoms with Crippen LogP contribution in [0, 0.1) is 25.2 Å². The number of halogens is 1. The first-order valence-electron chi connectivity index (χ1n) is 9.46. The number of ether oxygens (including phenoxy) is 2. The van der Waals surface area contributed by atoms with E-state index in [9.17, 15) is 4.79 Å². The van der Waals surface area contributed by atoms with Crippen LogP contribution in [0.15, 0.2) is 18.2 Å². The maximum Gasteiger partial charge on any atom is 0.410 e. The minimum atomic E-state index is -0.593. The summed E-state index contributed by atoms with van der Waals surface area (Å²) in [6, 6.07) is 5.83. The molecule has 156 valence electrons. The van der Waals surface area contributed by atoms with E-state index >= 15 is 0 Å². The third-order valence-corrected chi connectivity index (χ3v) is 4.57. The summed E-state index contributed by atoms with van der Waals surface area (Å²) in [6.45, 7) is 9.85. The number of carbonyl (C=O) groups excluding carboxylic acids is 1. The van der Waals surface area contributed by atoms with Crippen molar-refractivity contribution in [1.82, 2.24) is 14.9 Å². The second kappa shape index (κ2) is 8.33. The van der Waals surface area contributed by atoms with Gasteiger partial charge >= 0.3 is 6.09 Å². The molecule has 7 nitrogen and oxygen atoms in total. The fourth-order valence-corrected chi connectivity index (χ4v) is 3.39. The summed E-state index contributed by atoms with van der Waals surface area (Å²) < 4.78 is 11.6. The molecule has 3 rings (SSSR count). The predicted molar refractivity (Wildman–Crippen MR) is 113 cm³/mol. The van der Waals surface area contributed by atoms with Gasteiger partial charge in [0.1, 0.15) is 11.4 Å². The SMILES string of the molecule is Cc1cc(/C=C/C#N)cc(C)c1Oc1nc(Cl)nc2c1CN(C(=O)OC(C)(C)C)C2. The first kappa shape index (κ1) is 21.6. The number of amides is 1. The number of hydrogen-bond acceptors (Lipinski definition) is 6. The molecule has 1 amide bonds. The third kappa shape index (κ3) is 4.89. The monoisotopic (exact) mass is 426 g/mol. The van der Waals surface area contributed by atoms with Crippen LogP contribution in [-0.2, 0) is 17.8 Å². The summed E-state index contributed by atoms with van der Waals surface area (Å²) in [6.07, 6.45) is 2.74. The quantitative estimate of drug-likeness (QED) is 0.487. The third-order valence-electron chi connectivity index (χ3n) is 4.40. The van der Waals surface area contributed by atoms with Gasteiger partial charge in [-0.05, 0) is 81.1 Å². The summed E-state index contributed by atoms with van der Waals surface area (Å²) >= 11 is 6.11. The Morgan fingerprint density at radius 2 is 1.90 bits per heavy atom. The predicted octanol–water partition coefficient (Wildman–Crippen LogP) is 5.33. The van der Waals surface area contributed by atoms with Crippen molar-refractivity contribution in [3.05, 3.63) is 51.4 Å². The number of nitriles is 1. The van der Waals surface area contributed by atoms with E-state index < -0.39 is 11.7 Å². The van der Waals surface area contributed by atoms with E-state index in [0.29, 0.717) is 22.9 Å². The van der Waals surface area contributed by atoms with E-state index in [-0.39, 0.29) is 18.4 Å². The molecule has 0 N–H and O–H groups in total. The summed E-state index contributed by atoms with van der Waals surface area (Å²) in [4.78, 5) is 22.5. The molecule has 2 heterocycles. The van der Waals surface area contributed by atoms with Crippen LogP contribution >= 0.6 is 11.6 Å². The smallest absolute Gasteiger partial charge is 0.410 e. The van der Waals surface area contributed by atoms with E-state index in [1.165, 1.54) is 6.08 Å². The van der Waals surface area contributed by atoms with Crippen molar-refractivity contribution in [2.45, 2.75) is 53.3 Å². The highest BCUT2D eigenvalue weighted by molar-refractivity contribution is 6.28. The van der Waals surface area contributed by atoms with Crippen LogP contribution < -0.4 is 4.74 Å². The molecule has 0 fully saturated rings. The van der Waals surface area contributed by atoms with E-state index in [4.69, 9.17) is 26.3 Å². The first-order valence-corrected chi connectivity index (χ1v) is 9.83. The average Bonchev–Trinajstić information content (AvgIpc) is 3.05. The lowest BCUT2D eigenvalue weighted by molar-refractivity contribution is 0.0240. The number of nitrogens with zero attached hydrogens (tertiary/aromatic N) is 4. The molecule has 0 atom stereocenters. The number of aromatic nitrogens is 2. The van der Waals surface area contributed by atoms with Gasteiger partial charge in [-0.2, -0.15) is 10.2 Å². The van der Waals surface area contributed by atoms with Crippen molar-refractivity contribution < 1.29 is 14.3 Å². The second-order valence-electron chi connectivity index (χ2n) is 8.11. The molecule has 0 saturated heterocycles. The molecule has 8 heteroatoms. The maximum atomic E-state index is 12.5. The maximum absolute atomic E-state index is 12.5. The van der Waals surface area contributed by atoms with Crippen LogP contribution in [0.25, 0.3) is 6.08 Å². The van der Waals surface area contributed by atoms with Crippen LogP contribution in [0.2, 0.25) is 5.28 Å². The zero-order valence-electron chi connectivity index (χ0n) is 17.6. The van der Waals surface area contributed by atoms with Crippen molar-refractivity contribution in [3.8, 4) is 17.7 Å². The molecule has 30 heavy (non-hydrogen) atoms. The highest BCUT2D eigenvalue weighted by Gasteiger charge is 2.32. The Kier molecular flexibility index (Phi) is 5.99. The zero-order valence-corrected chi connectivity index (χ0v) is 18.4. The summed E-state index contributed by atoms with van der Waals surface area (Å²) in [5, 5.41) is 8.78. The molecule has 0 aliphatic carbocycles. The van der Waals surface area contributed by atoms with Gasteiger partial charge in [0, 0.05) is 6.08 Å². The summed E-state index contributed by atoms with van der Waals surface area (Å²) in [7, 11) is 0. The van der Waals surface area contributed by atoms with Gasteiger partial charge in [-0.25, -0.2) is 9.78 Å². The summed E-state index contributed by atoms with van der Waals surface area (Å²) in [5.41, 5.74) is 3.43. The van der Waals surface area contributed by atoms with Gasteiger partial charge in [0.2, 0.25) is 11.2 Å². The lowest BCUT2D eigenvalue weighted by atomic mass is 10.1. The second-order valence-corrected chi connectivity index (χ2v) is 8.45. The van der Waals surface area contributed by atoms with Crippen molar-refractivity contribution in [2.24, 2.45) is 0 Å². The van der Waals surface area contributed by atoms with Gasteiger partial charge < -0.3 is 9.47 Å². The lowest BCUT2D eigenvalue weighted by Crippen LogP contribution is -2.33. The highest BCUT2D eigenvalue weighted by atomic mass is 35.5. The van der Waals surface area contributed by atoms with Gasteiger partial charge in [-0.15, -0.1) is 0 Å². The molecule has 1 aliphatic heterocycles. The first-order chi connectivity index (χ1) is 14.1. The van der Waals surface area contributed by atoms with Crippen LogP contribution in [0.1, 0.15) is 48.7 Å². The van der Waals surface area contributed by atoms with E-state index in [2.05, 4.69) is 9.97 Å². The molecule has 1 aliphatic rings. The topological polar surface area (TPSA) is 88.3 Å². The minimum absolute atomic E-state index is 0.0543.